The van der Waals surface area contributed by atoms with E-state index in [-0.39, 0.29) is 24.2 Å². The van der Waals surface area contributed by atoms with Gasteiger partial charge in [0.05, 0.1) is 23.9 Å². The Bertz CT molecular complexity index is 1440. The van der Waals surface area contributed by atoms with Crippen LogP contribution in [0.3, 0.4) is 0 Å². The molecule has 180 valence electrons. The molecule has 6 rings (SSSR count). The maximum Gasteiger partial charge on any atom is 0.327 e. The summed E-state index contributed by atoms with van der Waals surface area (Å²) in [6, 6.07) is 21.4. The molecule has 7 nitrogen and oxygen atoms in total. The van der Waals surface area contributed by atoms with Gasteiger partial charge in [-0.2, -0.15) is 0 Å². The van der Waals surface area contributed by atoms with Gasteiger partial charge >= 0.3 is 6.03 Å². The van der Waals surface area contributed by atoms with Crippen molar-refractivity contribution in [3.63, 3.8) is 0 Å². The summed E-state index contributed by atoms with van der Waals surface area (Å²) in [5.74, 6) is 1.16. The Hall–Kier alpha value is -4.52. The number of carbonyl (C=O) groups excluding carboxylic acids is 2. The van der Waals surface area contributed by atoms with E-state index in [0.717, 1.165) is 22.7 Å². The van der Waals surface area contributed by atoms with Crippen LogP contribution in [0.2, 0.25) is 0 Å². The van der Waals surface area contributed by atoms with Gasteiger partial charge in [0.25, 0.3) is 0 Å². The quantitative estimate of drug-likeness (QED) is 0.338. The van der Waals surface area contributed by atoms with Gasteiger partial charge in [0.1, 0.15) is 17.6 Å². The van der Waals surface area contributed by atoms with Gasteiger partial charge in [-0.1, -0.05) is 29.8 Å². The second-order valence-corrected chi connectivity index (χ2v) is 9.16. The predicted octanol–water partition coefficient (Wildman–Crippen LogP) is 6.79. The van der Waals surface area contributed by atoms with E-state index in [0.29, 0.717) is 29.1 Å². The lowest BCUT2D eigenvalue weighted by molar-refractivity contribution is -0.116. The van der Waals surface area contributed by atoms with Crippen LogP contribution in [0.5, 0.6) is 0 Å². The minimum absolute atomic E-state index is 0.0486. The molecule has 2 N–H and O–H groups in total. The molecular formula is C29H25N3O4. The van der Waals surface area contributed by atoms with Crippen molar-refractivity contribution in [1.29, 1.82) is 0 Å². The molecule has 2 aliphatic rings. The van der Waals surface area contributed by atoms with E-state index in [4.69, 9.17) is 8.83 Å². The number of para-hydroxylation sites is 2. The molecule has 1 aliphatic heterocycles. The Morgan fingerprint density at radius 3 is 2.36 bits per heavy atom. The zero-order chi connectivity index (χ0) is 24.6. The summed E-state index contributed by atoms with van der Waals surface area (Å²) in [6.45, 7) is 1.99. The number of Topliss-reactive ketones (excluding diaryl/α,β-unsaturated/α-hetero) is 1. The maximum absolute atomic E-state index is 13.9. The number of nitrogens with zero attached hydrogens (tertiary/aromatic N) is 1. The van der Waals surface area contributed by atoms with Gasteiger partial charge in [-0.25, -0.2) is 4.79 Å². The second-order valence-electron chi connectivity index (χ2n) is 9.16. The van der Waals surface area contributed by atoms with E-state index >= 15 is 0 Å². The Kier molecular flexibility index (Phi) is 5.45. The van der Waals surface area contributed by atoms with Crippen LogP contribution >= 0.6 is 0 Å². The zero-order valence-electron chi connectivity index (χ0n) is 19.7. The molecule has 2 aromatic carbocycles. The van der Waals surface area contributed by atoms with Crippen LogP contribution in [-0.2, 0) is 4.79 Å². The summed E-state index contributed by atoms with van der Waals surface area (Å²) in [7, 11) is 0. The summed E-state index contributed by atoms with van der Waals surface area (Å²) in [5, 5.41) is 6.50. The number of urea groups is 1. The second kappa shape index (κ2) is 8.92. The molecule has 0 unspecified atom stereocenters. The van der Waals surface area contributed by atoms with Crippen LogP contribution in [0.4, 0.5) is 21.9 Å². The number of furan rings is 2. The van der Waals surface area contributed by atoms with Gasteiger partial charge in [-0.3, -0.25) is 9.69 Å². The first-order valence-corrected chi connectivity index (χ1v) is 11.9. The fraction of sp³-hybridized carbons (Fsp3) is 0.172. The van der Waals surface area contributed by atoms with Crippen molar-refractivity contribution >= 4 is 28.9 Å². The van der Waals surface area contributed by atoms with Crippen molar-refractivity contribution in [3.8, 4) is 0 Å². The Labute approximate surface area is 208 Å². The van der Waals surface area contributed by atoms with Crippen molar-refractivity contribution in [2.24, 2.45) is 0 Å². The molecule has 0 fully saturated rings. The molecule has 2 aromatic heterocycles. The minimum Gasteiger partial charge on any atom is -0.469 e. The highest BCUT2D eigenvalue weighted by atomic mass is 16.3. The summed E-state index contributed by atoms with van der Waals surface area (Å²) >= 11 is 0. The number of fused-ring (bicyclic) bond motifs is 1. The van der Waals surface area contributed by atoms with E-state index in [1.807, 2.05) is 67.6 Å². The number of amides is 2. The molecule has 0 radical (unpaired) electrons. The number of anilines is 3. The third-order valence-corrected chi connectivity index (χ3v) is 6.77. The number of allylic oxidation sites excluding steroid dienone is 1. The van der Waals surface area contributed by atoms with Crippen molar-refractivity contribution in [2.75, 3.05) is 15.5 Å². The normalized spacial score (nSPS) is 19.2. The number of rotatable bonds is 3. The SMILES string of the molecule is Cc1ccc(NC(=O)N2c3ccccc3NC3=C(C(=O)C[C@@H](c4ccco4)C3)[C@H]2c2ccco2)cc1. The topological polar surface area (TPSA) is 87.7 Å². The average molecular weight is 480 g/mol. The molecule has 3 heterocycles. The fourth-order valence-electron chi connectivity index (χ4n) is 5.07. The molecule has 2 amide bonds. The molecule has 0 spiro atoms. The standard InChI is InChI=1S/C29H25N3O4/c1-18-10-12-20(13-11-18)30-29(34)32-23-7-3-2-6-21(23)31-22-16-19(25-8-4-14-35-25)17-24(33)27(22)28(32)26-9-5-15-36-26/h2-15,19,28,31H,16-17H2,1H3,(H,30,34)/t19-,28+/m0/s1. The molecule has 0 saturated heterocycles. The van der Waals surface area contributed by atoms with Gasteiger partial charge < -0.3 is 19.5 Å². The van der Waals surface area contributed by atoms with Crippen molar-refractivity contribution in [3.05, 3.63) is 114 Å². The number of aryl methyl sites for hydroxylation is 1. The Balaban J connectivity index is 1.49. The molecular weight excluding hydrogens is 454 g/mol. The number of benzene rings is 2. The van der Waals surface area contributed by atoms with Gasteiger partial charge in [0.2, 0.25) is 0 Å². The van der Waals surface area contributed by atoms with Gasteiger partial charge in [0, 0.05) is 29.3 Å². The lowest BCUT2D eigenvalue weighted by Gasteiger charge is -2.33. The highest BCUT2D eigenvalue weighted by Crippen LogP contribution is 2.47. The summed E-state index contributed by atoms with van der Waals surface area (Å²) in [4.78, 5) is 29.3. The minimum atomic E-state index is -0.735. The van der Waals surface area contributed by atoms with Gasteiger partial charge in [-0.15, -0.1) is 0 Å². The van der Waals surface area contributed by atoms with Crippen molar-refractivity contribution < 1.29 is 18.4 Å². The first-order valence-electron chi connectivity index (χ1n) is 11.9. The van der Waals surface area contributed by atoms with E-state index in [1.54, 1.807) is 29.6 Å². The zero-order valence-corrected chi connectivity index (χ0v) is 19.7. The van der Waals surface area contributed by atoms with Crippen LogP contribution in [-0.4, -0.2) is 11.8 Å². The third-order valence-electron chi connectivity index (χ3n) is 6.77. The van der Waals surface area contributed by atoms with Crippen molar-refractivity contribution in [2.45, 2.75) is 31.7 Å². The van der Waals surface area contributed by atoms with E-state index in [2.05, 4.69) is 10.6 Å². The van der Waals surface area contributed by atoms with Crippen LogP contribution in [0.15, 0.2) is 105 Å². The summed E-state index contributed by atoms with van der Waals surface area (Å²) in [5.41, 5.74) is 4.46. The molecule has 4 aromatic rings. The van der Waals surface area contributed by atoms with E-state index in [1.165, 1.54) is 0 Å². The van der Waals surface area contributed by atoms with Crippen LogP contribution < -0.4 is 15.5 Å². The maximum atomic E-state index is 13.9. The predicted molar refractivity (Wildman–Crippen MR) is 137 cm³/mol. The number of hydrogen-bond donors (Lipinski definition) is 2. The lowest BCUT2D eigenvalue weighted by atomic mass is 9.81. The van der Waals surface area contributed by atoms with Crippen LogP contribution in [0.1, 0.15) is 41.9 Å². The van der Waals surface area contributed by atoms with E-state index in [9.17, 15) is 9.59 Å². The van der Waals surface area contributed by atoms with E-state index < -0.39 is 6.04 Å². The third kappa shape index (κ3) is 3.88. The number of nitrogens with one attached hydrogen (secondary N) is 2. The first kappa shape index (κ1) is 22.0. The molecule has 0 bridgehead atoms. The highest BCUT2D eigenvalue weighted by Gasteiger charge is 2.43. The first-order chi connectivity index (χ1) is 17.6. The Morgan fingerprint density at radius 1 is 0.917 bits per heavy atom. The molecule has 36 heavy (non-hydrogen) atoms. The number of hydrogen-bond acceptors (Lipinski definition) is 5. The Morgan fingerprint density at radius 2 is 1.64 bits per heavy atom. The fourth-order valence-corrected chi connectivity index (χ4v) is 5.07. The van der Waals surface area contributed by atoms with Crippen molar-refractivity contribution in [1.82, 2.24) is 0 Å². The average Bonchev–Trinajstić information content (AvgIpc) is 3.58. The molecule has 1 aliphatic carbocycles. The molecule has 7 heteroatoms. The largest absolute Gasteiger partial charge is 0.469 e. The smallest absolute Gasteiger partial charge is 0.327 e. The van der Waals surface area contributed by atoms with Crippen LogP contribution in [0, 0.1) is 6.92 Å². The number of carbonyl (C=O) groups is 2. The lowest BCUT2D eigenvalue weighted by Crippen LogP contribution is -2.40. The van der Waals surface area contributed by atoms with Gasteiger partial charge in [-0.05, 0) is 61.9 Å². The number of ketones is 1. The summed E-state index contributed by atoms with van der Waals surface area (Å²) < 4.78 is 11.5. The van der Waals surface area contributed by atoms with Gasteiger partial charge in [0.15, 0.2) is 5.78 Å². The molecule has 2 atom stereocenters. The highest BCUT2D eigenvalue weighted by molar-refractivity contribution is 6.09. The van der Waals surface area contributed by atoms with Crippen LogP contribution in [0.25, 0.3) is 0 Å². The molecule has 0 saturated carbocycles. The summed E-state index contributed by atoms with van der Waals surface area (Å²) in [6.07, 6.45) is 4.06. The monoisotopic (exact) mass is 479 g/mol.